The maximum atomic E-state index is 13.5. The fourth-order valence-corrected chi connectivity index (χ4v) is 1.89. The van der Waals surface area contributed by atoms with E-state index in [0.29, 0.717) is 0 Å². The molecule has 4 atom stereocenters. The van der Waals surface area contributed by atoms with Crippen molar-refractivity contribution in [3.63, 3.8) is 0 Å². The van der Waals surface area contributed by atoms with Crippen LogP contribution in [0.3, 0.4) is 0 Å². The minimum atomic E-state index is -1.54. The molecule has 1 aliphatic carbocycles. The molecule has 0 aromatic heterocycles. The number of carbonyl (C=O) groups excluding carboxylic acids is 2. The van der Waals surface area contributed by atoms with E-state index in [-0.39, 0.29) is 0 Å². The van der Waals surface area contributed by atoms with Crippen molar-refractivity contribution in [2.75, 3.05) is 0 Å². The Hall–Kier alpha value is -1.26. The predicted molar refractivity (Wildman–Crippen MR) is 41.3 cm³/mol. The standard InChI is InChI=1S/C9H8F2O3/c1-3-2-4(10)5-6(7(3)11)9(13)14-8(5)12/h2-3,5-7H,1H3. The number of ether oxygens (including phenoxy) is 1. The highest BCUT2D eigenvalue weighted by Crippen LogP contribution is 2.41. The SMILES string of the molecule is CC1C=C(F)C2C(=O)OC(=O)C2C1F. The van der Waals surface area contributed by atoms with Gasteiger partial charge in [-0.3, -0.25) is 9.59 Å². The molecule has 1 heterocycles. The summed E-state index contributed by atoms with van der Waals surface area (Å²) in [5.74, 6) is -6.04. The number of fused-ring (bicyclic) bond motifs is 1. The summed E-state index contributed by atoms with van der Waals surface area (Å²) in [5.41, 5.74) is 0. The maximum Gasteiger partial charge on any atom is 0.324 e. The Kier molecular flexibility index (Phi) is 1.90. The zero-order valence-corrected chi connectivity index (χ0v) is 7.37. The first-order chi connectivity index (χ1) is 6.52. The molecular formula is C9H8F2O3. The summed E-state index contributed by atoms with van der Waals surface area (Å²) < 4.78 is 30.9. The Morgan fingerprint density at radius 1 is 1.36 bits per heavy atom. The topological polar surface area (TPSA) is 43.4 Å². The normalized spacial score (nSPS) is 41.8. The Bertz CT molecular complexity index is 337. The molecule has 0 radical (unpaired) electrons. The van der Waals surface area contributed by atoms with Gasteiger partial charge in [-0.25, -0.2) is 8.78 Å². The second kappa shape index (κ2) is 2.87. The average molecular weight is 202 g/mol. The molecule has 14 heavy (non-hydrogen) atoms. The van der Waals surface area contributed by atoms with Gasteiger partial charge in [-0.15, -0.1) is 0 Å². The van der Waals surface area contributed by atoms with Gasteiger partial charge in [0.15, 0.2) is 0 Å². The molecule has 0 bridgehead atoms. The van der Waals surface area contributed by atoms with Crippen molar-refractivity contribution in [2.24, 2.45) is 17.8 Å². The number of hydrogen-bond donors (Lipinski definition) is 0. The van der Waals surface area contributed by atoms with E-state index >= 15 is 0 Å². The third kappa shape index (κ3) is 1.08. The molecule has 5 heteroatoms. The van der Waals surface area contributed by atoms with Crippen LogP contribution in [0.1, 0.15) is 6.92 Å². The summed E-state index contributed by atoms with van der Waals surface area (Å²) in [4.78, 5) is 22.0. The number of hydrogen-bond acceptors (Lipinski definition) is 3. The van der Waals surface area contributed by atoms with Gasteiger partial charge in [0, 0.05) is 5.92 Å². The van der Waals surface area contributed by atoms with Gasteiger partial charge in [0.25, 0.3) is 0 Å². The van der Waals surface area contributed by atoms with Crippen molar-refractivity contribution < 1.29 is 23.1 Å². The monoisotopic (exact) mass is 202 g/mol. The maximum absolute atomic E-state index is 13.5. The molecule has 3 nitrogen and oxygen atoms in total. The third-order valence-electron chi connectivity index (χ3n) is 2.65. The molecular weight excluding hydrogens is 194 g/mol. The van der Waals surface area contributed by atoms with Crippen LogP contribution in [0.4, 0.5) is 8.78 Å². The molecule has 1 fully saturated rings. The molecule has 0 amide bonds. The van der Waals surface area contributed by atoms with Crippen LogP contribution >= 0.6 is 0 Å². The van der Waals surface area contributed by atoms with Crippen LogP contribution in [0.25, 0.3) is 0 Å². The van der Waals surface area contributed by atoms with Crippen LogP contribution in [-0.2, 0) is 14.3 Å². The predicted octanol–water partition coefficient (Wildman–Crippen LogP) is 1.14. The molecule has 1 saturated heterocycles. The quantitative estimate of drug-likeness (QED) is 0.437. The van der Waals surface area contributed by atoms with Crippen LogP contribution in [0.2, 0.25) is 0 Å². The van der Waals surface area contributed by atoms with E-state index in [0.717, 1.165) is 6.08 Å². The van der Waals surface area contributed by atoms with Crippen molar-refractivity contribution in [2.45, 2.75) is 13.1 Å². The summed E-state index contributed by atoms with van der Waals surface area (Å²) >= 11 is 0. The number of allylic oxidation sites excluding steroid dienone is 1. The van der Waals surface area contributed by atoms with Crippen LogP contribution in [0.15, 0.2) is 11.9 Å². The zero-order chi connectivity index (χ0) is 10.5. The number of halogens is 2. The summed E-state index contributed by atoms with van der Waals surface area (Å²) in [5, 5.41) is 0. The molecule has 0 N–H and O–H groups in total. The van der Waals surface area contributed by atoms with Crippen molar-refractivity contribution >= 4 is 11.9 Å². The number of esters is 2. The number of rotatable bonds is 0. The van der Waals surface area contributed by atoms with Gasteiger partial charge in [-0.1, -0.05) is 6.92 Å². The average Bonchev–Trinajstić information content (AvgIpc) is 2.38. The van der Waals surface area contributed by atoms with E-state index in [9.17, 15) is 18.4 Å². The van der Waals surface area contributed by atoms with Crippen molar-refractivity contribution in [3.8, 4) is 0 Å². The number of alkyl halides is 1. The molecule has 0 aromatic carbocycles. The molecule has 1 aliphatic heterocycles. The van der Waals surface area contributed by atoms with Gasteiger partial charge < -0.3 is 4.74 Å². The Balaban J connectivity index is 2.43. The van der Waals surface area contributed by atoms with Gasteiger partial charge >= 0.3 is 11.9 Å². The minimum Gasteiger partial charge on any atom is -0.392 e. The molecule has 0 saturated carbocycles. The lowest BCUT2D eigenvalue weighted by atomic mass is 9.79. The lowest BCUT2D eigenvalue weighted by Gasteiger charge is -2.25. The zero-order valence-electron chi connectivity index (χ0n) is 7.37. The van der Waals surface area contributed by atoms with E-state index < -0.39 is 41.7 Å². The smallest absolute Gasteiger partial charge is 0.324 e. The van der Waals surface area contributed by atoms with Gasteiger partial charge in [-0.2, -0.15) is 0 Å². The van der Waals surface area contributed by atoms with Crippen LogP contribution in [-0.4, -0.2) is 18.1 Å². The fourth-order valence-electron chi connectivity index (χ4n) is 1.89. The molecule has 2 rings (SSSR count). The Labute approximate surface area is 78.7 Å². The number of carbonyl (C=O) groups is 2. The van der Waals surface area contributed by atoms with E-state index in [1.54, 1.807) is 0 Å². The Morgan fingerprint density at radius 2 is 2.00 bits per heavy atom. The first kappa shape index (κ1) is 9.30. The van der Waals surface area contributed by atoms with Crippen molar-refractivity contribution in [3.05, 3.63) is 11.9 Å². The lowest BCUT2D eigenvalue weighted by Crippen LogP contribution is -2.35. The van der Waals surface area contributed by atoms with Crippen molar-refractivity contribution in [1.82, 2.24) is 0 Å². The van der Waals surface area contributed by atoms with Crippen LogP contribution in [0, 0.1) is 17.8 Å². The highest BCUT2D eigenvalue weighted by atomic mass is 19.1. The Morgan fingerprint density at radius 3 is 2.64 bits per heavy atom. The first-order valence-corrected chi connectivity index (χ1v) is 4.29. The minimum absolute atomic E-state index is 0.699. The fraction of sp³-hybridized carbons (Fsp3) is 0.556. The van der Waals surface area contributed by atoms with E-state index in [4.69, 9.17) is 0 Å². The molecule has 76 valence electrons. The molecule has 0 aromatic rings. The lowest BCUT2D eigenvalue weighted by molar-refractivity contribution is -0.154. The second-order valence-corrected chi connectivity index (χ2v) is 3.60. The van der Waals surface area contributed by atoms with Crippen molar-refractivity contribution in [1.29, 1.82) is 0 Å². The van der Waals surface area contributed by atoms with Crippen LogP contribution in [0.5, 0.6) is 0 Å². The summed E-state index contributed by atoms with van der Waals surface area (Å²) in [6, 6.07) is 0. The van der Waals surface area contributed by atoms with Crippen LogP contribution < -0.4 is 0 Å². The van der Waals surface area contributed by atoms with E-state index in [1.807, 2.05) is 0 Å². The van der Waals surface area contributed by atoms with Gasteiger partial charge in [-0.05, 0) is 6.08 Å². The largest absolute Gasteiger partial charge is 0.392 e. The molecule has 2 aliphatic rings. The third-order valence-corrected chi connectivity index (χ3v) is 2.65. The first-order valence-electron chi connectivity index (χ1n) is 4.29. The summed E-state index contributed by atoms with van der Waals surface area (Å²) in [7, 11) is 0. The van der Waals surface area contributed by atoms with E-state index in [1.165, 1.54) is 6.92 Å². The van der Waals surface area contributed by atoms with Gasteiger partial charge in [0.05, 0.1) is 0 Å². The highest BCUT2D eigenvalue weighted by Gasteiger charge is 2.54. The second-order valence-electron chi connectivity index (χ2n) is 3.60. The summed E-state index contributed by atoms with van der Waals surface area (Å²) in [6.07, 6.45) is -0.510. The molecule has 4 unspecified atom stereocenters. The summed E-state index contributed by atoms with van der Waals surface area (Å²) in [6.45, 7) is 1.45. The van der Waals surface area contributed by atoms with Gasteiger partial charge in [0.2, 0.25) is 0 Å². The van der Waals surface area contributed by atoms with E-state index in [2.05, 4.69) is 4.74 Å². The molecule has 0 spiro atoms. The van der Waals surface area contributed by atoms with Gasteiger partial charge in [0.1, 0.15) is 23.8 Å². The number of cyclic esters (lactones) is 2. The highest BCUT2D eigenvalue weighted by molar-refractivity contribution is 5.98.